The summed E-state index contributed by atoms with van der Waals surface area (Å²) in [5.74, 6) is 0.528. The Kier molecular flexibility index (Phi) is 3.86. The molecule has 1 aliphatic heterocycles. The average Bonchev–Trinajstić information content (AvgIpc) is 3.07. The van der Waals surface area contributed by atoms with Gasteiger partial charge < -0.3 is 15.5 Å². The smallest absolute Gasteiger partial charge is 0.315 e. The Balaban J connectivity index is 1.65. The number of amides is 2. The van der Waals surface area contributed by atoms with Crippen molar-refractivity contribution in [3.63, 3.8) is 0 Å². The van der Waals surface area contributed by atoms with Crippen LogP contribution in [0, 0.1) is 5.92 Å². The average molecular weight is 243 g/mol. The Morgan fingerprint density at radius 1 is 1.53 bits per heavy atom. The van der Waals surface area contributed by atoms with E-state index in [9.17, 15) is 9.18 Å². The van der Waals surface area contributed by atoms with Gasteiger partial charge in [-0.05, 0) is 45.2 Å². The number of carbonyl (C=O) groups excluding carboxylic acids is 1. The number of nitrogens with zero attached hydrogens (tertiary/aromatic N) is 1. The van der Waals surface area contributed by atoms with Gasteiger partial charge in [0.05, 0.1) is 5.54 Å². The highest BCUT2D eigenvalue weighted by atomic mass is 19.1. The van der Waals surface area contributed by atoms with Crippen LogP contribution in [0.15, 0.2) is 0 Å². The summed E-state index contributed by atoms with van der Waals surface area (Å²) in [5.41, 5.74) is -0.534. The van der Waals surface area contributed by atoms with Crippen molar-refractivity contribution in [1.29, 1.82) is 0 Å². The lowest BCUT2D eigenvalue weighted by molar-refractivity contribution is 0.199. The number of carbonyl (C=O) groups is 1. The molecule has 1 saturated carbocycles. The fourth-order valence-electron chi connectivity index (χ4n) is 2.40. The van der Waals surface area contributed by atoms with Crippen LogP contribution in [-0.2, 0) is 0 Å². The van der Waals surface area contributed by atoms with Crippen LogP contribution in [0.2, 0.25) is 0 Å². The van der Waals surface area contributed by atoms with Gasteiger partial charge in [0.1, 0.15) is 6.67 Å². The molecule has 0 radical (unpaired) electrons. The summed E-state index contributed by atoms with van der Waals surface area (Å²) in [7, 11) is 2.11. The summed E-state index contributed by atoms with van der Waals surface area (Å²) in [5, 5.41) is 5.59. The lowest BCUT2D eigenvalue weighted by Crippen LogP contribution is -2.47. The Hall–Kier alpha value is -0.840. The summed E-state index contributed by atoms with van der Waals surface area (Å²) >= 11 is 0. The second kappa shape index (κ2) is 5.21. The molecule has 17 heavy (non-hydrogen) atoms. The van der Waals surface area contributed by atoms with E-state index in [1.165, 1.54) is 12.8 Å². The number of alkyl halides is 1. The van der Waals surface area contributed by atoms with Gasteiger partial charge in [0.2, 0.25) is 0 Å². The highest BCUT2D eigenvalue weighted by molar-refractivity contribution is 5.75. The summed E-state index contributed by atoms with van der Waals surface area (Å²) in [6.45, 7) is 2.42. The number of halogens is 1. The fraction of sp³-hybridized carbons (Fsp3) is 0.917. The van der Waals surface area contributed by atoms with Crippen LogP contribution in [0.25, 0.3) is 0 Å². The molecule has 2 aliphatic rings. The molecule has 98 valence electrons. The van der Waals surface area contributed by atoms with Crippen LogP contribution in [-0.4, -0.2) is 49.8 Å². The molecule has 0 aromatic carbocycles. The van der Waals surface area contributed by atoms with E-state index in [0.29, 0.717) is 12.5 Å². The van der Waals surface area contributed by atoms with Crippen molar-refractivity contribution in [2.75, 3.05) is 33.4 Å². The Labute approximate surface area is 102 Å². The maximum absolute atomic E-state index is 12.6. The van der Waals surface area contributed by atoms with E-state index in [-0.39, 0.29) is 6.03 Å². The lowest BCUT2D eigenvalue weighted by atomic mass is 9.99. The molecule has 2 amide bonds. The highest BCUT2D eigenvalue weighted by Crippen LogP contribution is 2.35. The molecule has 2 rings (SSSR count). The van der Waals surface area contributed by atoms with Crippen molar-refractivity contribution < 1.29 is 9.18 Å². The maximum Gasteiger partial charge on any atom is 0.315 e. The minimum Gasteiger partial charge on any atom is -0.338 e. The van der Waals surface area contributed by atoms with Gasteiger partial charge in [-0.15, -0.1) is 0 Å². The zero-order chi connectivity index (χ0) is 12.3. The number of nitrogens with one attached hydrogen (secondary N) is 2. The molecule has 1 heterocycles. The van der Waals surface area contributed by atoms with Crippen molar-refractivity contribution in [2.24, 2.45) is 5.92 Å². The zero-order valence-corrected chi connectivity index (χ0v) is 10.5. The lowest BCUT2D eigenvalue weighted by Gasteiger charge is -2.29. The Morgan fingerprint density at radius 3 is 2.88 bits per heavy atom. The van der Waals surface area contributed by atoms with Gasteiger partial charge in [0.15, 0.2) is 0 Å². The number of urea groups is 1. The zero-order valence-electron chi connectivity index (χ0n) is 10.5. The third kappa shape index (κ3) is 3.56. The molecule has 2 N–H and O–H groups in total. The molecular weight excluding hydrogens is 221 g/mol. The van der Waals surface area contributed by atoms with Gasteiger partial charge in [-0.3, -0.25) is 0 Å². The number of hydrogen-bond acceptors (Lipinski definition) is 2. The first kappa shape index (κ1) is 12.6. The highest BCUT2D eigenvalue weighted by Gasteiger charge is 2.44. The SMILES string of the molecule is CN1CCCC(CNC(=O)NC2(CF)CC2)C1. The van der Waals surface area contributed by atoms with Crippen LogP contribution in [0.1, 0.15) is 25.7 Å². The minimum absolute atomic E-state index is 0.214. The van der Waals surface area contributed by atoms with Crippen LogP contribution >= 0.6 is 0 Å². The summed E-state index contributed by atoms with van der Waals surface area (Å²) in [6.07, 6.45) is 3.89. The first-order valence-electron chi connectivity index (χ1n) is 6.44. The quantitative estimate of drug-likeness (QED) is 0.777. The molecule has 0 bridgehead atoms. The first-order valence-corrected chi connectivity index (χ1v) is 6.44. The van der Waals surface area contributed by atoms with Crippen LogP contribution < -0.4 is 10.6 Å². The molecule has 1 aliphatic carbocycles. The third-order valence-electron chi connectivity index (χ3n) is 3.76. The number of rotatable bonds is 4. The predicted octanol–water partition coefficient (Wildman–Crippen LogP) is 1.13. The molecule has 1 atom stereocenters. The standard InChI is InChI=1S/C12H22FN3O/c1-16-6-2-3-10(8-16)7-14-11(17)15-12(9-13)4-5-12/h10H,2-9H2,1H3,(H2,14,15,17). The summed E-state index contributed by atoms with van der Waals surface area (Å²) in [4.78, 5) is 13.9. The van der Waals surface area contributed by atoms with E-state index in [0.717, 1.165) is 25.9 Å². The number of hydrogen-bond donors (Lipinski definition) is 2. The predicted molar refractivity (Wildman–Crippen MR) is 64.7 cm³/mol. The molecule has 1 saturated heterocycles. The van der Waals surface area contributed by atoms with Crippen LogP contribution in [0.3, 0.4) is 0 Å². The maximum atomic E-state index is 12.6. The number of piperidine rings is 1. The fourth-order valence-corrected chi connectivity index (χ4v) is 2.40. The van der Waals surface area contributed by atoms with Crippen molar-refractivity contribution in [3.05, 3.63) is 0 Å². The molecule has 0 spiro atoms. The molecule has 0 aromatic heterocycles. The molecule has 1 unspecified atom stereocenters. The van der Waals surface area contributed by atoms with Gasteiger partial charge >= 0.3 is 6.03 Å². The second-order valence-corrected chi connectivity index (χ2v) is 5.52. The van der Waals surface area contributed by atoms with Gasteiger partial charge in [-0.1, -0.05) is 0 Å². The van der Waals surface area contributed by atoms with Crippen molar-refractivity contribution >= 4 is 6.03 Å². The summed E-state index contributed by atoms with van der Waals surface area (Å²) < 4.78 is 12.6. The van der Waals surface area contributed by atoms with Crippen LogP contribution in [0.5, 0.6) is 0 Å². The monoisotopic (exact) mass is 243 g/mol. The molecular formula is C12H22FN3O. The number of likely N-dealkylation sites (tertiary alicyclic amines) is 1. The van der Waals surface area contributed by atoms with Crippen molar-refractivity contribution in [1.82, 2.24) is 15.5 Å². The van der Waals surface area contributed by atoms with Crippen LogP contribution in [0.4, 0.5) is 9.18 Å². The van der Waals surface area contributed by atoms with Gasteiger partial charge in [-0.2, -0.15) is 0 Å². The van der Waals surface area contributed by atoms with Gasteiger partial charge in [0.25, 0.3) is 0 Å². The second-order valence-electron chi connectivity index (χ2n) is 5.52. The largest absolute Gasteiger partial charge is 0.338 e. The van der Waals surface area contributed by atoms with E-state index < -0.39 is 12.2 Å². The normalized spacial score (nSPS) is 27.5. The Morgan fingerprint density at radius 2 is 2.29 bits per heavy atom. The van der Waals surface area contributed by atoms with Gasteiger partial charge in [0, 0.05) is 13.1 Å². The van der Waals surface area contributed by atoms with E-state index in [2.05, 4.69) is 22.6 Å². The first-order chi connectivity index (χ1) is 8.13. The Bertz CT molecular complexity index is 281. The minimum atomic E-state index is -0.534. The van der Waals surface area contributed by atoms with Crippen molar-refractivity contribution in [2.45, 2.75) is 31.2 Å². The van der Waals surface area contributed by atoms with E-state index >= 15 is 0 Å². The molecule has 2 fully saturated rings. The summed E-state index contributed by atoms with van der Waals surface area (Å²) in [6, 6.07) is -0.214. The molecule has 0 aromatic rings. The van der Waals surface area contributed by atoms with E-state index in [4.69, 9.17) is 0 Å². The van der Waals surface area contributed by atoms with Gasteiger partial charge in [-0.25, -0.2) is 9.18 Å². The topological polar surface area (TPSA) is 44.4 Å². The molecule has 4 nitrogen and oxygen atoms in total. The third-order valence-corrected chi connectivity index (χ3v) is 3.76. The molecule has 5 heteroatoms. The van der Waals surface area contributed by atoms with E-state index in [1.54, 1.807) is 0 Å². The van der Waals surface area contributed by atoms with Crippen molar-refractivity contribution in [3.8, 4) is 0 Å². The van der Waals surface area contributed by atoms with E-state index in [1.807, 2.05) is 0 Å².